The number of carbonyl (C=O) groups is 1. The predicted octanol–water partition coefficient (Wildman–Crippen LogP) is 2.60. The average molecular weight is 298 g/mol. The molecule has 0 radical (unpaired) electrons. The molecule has 4 nitrogen and oxygen atoms in total. The van der Waals surface area contributed by atoms with E-state index in [1.807, 2.05) is 25.2 Å². The summed E-state index contributed by atoms with van der Waals surface area (Å²) in [4.78, 5) is 13.8. The maximum atomic E-state index is 12.0. The number of carbonyl (C=O) groups excluding carboxylic acids is 1. The second-order valence-electron chi connectivity index (χ2n) is 4.95. The summed E-state index contributed by atoms with van der Waals surface area (Å²) in [5.41, 5.74) is 0. The Balaban J connectivity index is 1.68. The van der Waals surface area contributed by atoms with E-state index in [1.54, 1.807) is 11.0 Å². The van der Waals surface area contributed by atoms with Gasteiger partial charge in [-0.05, 0) is 25.0 Å². The van der Waals surface area contributed by atoms with Crippen molar-refractivity contribution in [2.24, 2.45) is 5.92 Å². The second kappa shape index (κ2) is 7.50. The van der Waals surface area contributed by atoms with Crippen LogP contribution in [0.5, 0.6) is 5.75 Å². The Labute approximate surface area is 124 Å². The molecule has 1 aromatic rings. The molecule has 0 spiro atoms. The maximum absolute atomic E-state index is 12.0. The molecule has 0 unspecified atom stereocenters. The molecule has 1 aromatic carbocycles. The van der Waals surface area contributed by atoms with Crippen molar-refractivity contribution in [3.63, 3.8) is 0 Å². The van der Waals surface area contributed by atoms with Gasteiger partial charge in [-0.2, -0.15) is 0 Å². The molecule has 1 saturated heterocycles. The van der Waals surface area contributed by atoms with Crippen LogP contribution in [0, 0.1) is 5.92 Å². The van der Waals surface area contributed by atoms with Gasteiger partial charge in [0.2, 0.25) is 5.91 Å². The third kappa shape index (κ3) is 4.12. The summed E-state index contributed by atoms with van der Waals surface area (Å²) in [5.74, 6) is 0.886. The quantitative estimate of drug-likeness (QED) is 0.758. The van der Waals surface area contributed by atoms with Crippen LogP contribution in [0.25, 0.3) is 0 Å². The monoisotopic (exact) mass is 297 g/mol. The highest BCUT2D eigenvalue weighted by atomic mass is 35.5. The van der Waals surface area contributed by atoms with Crippen LogP contribution in [-0.4, -0.2) is 44.2 Å². The fraction of sp³-hybridized carbons (Fsp3) is 0.533. The highest BCUT2D eigenvalue weighted by molar-refractivity contribution is 6.32. The summed E-state index contributed by atoms with van der Waals surface area (Å²) < 4.78 is 10.8. The van der Waals surface area contributed by atoms with Crippen LogP contribution in [0.3, 0.4) is 0 Å². The molecule has 0 saturated carbocycles. The number of ether oxygens (including phenoxy) is 2. The van der Waals surface area contributed by atoms with Crippen LogP contribution in [0.15, 0.2) is 24.3 Å². The molecular weight excluding hydrogens is 278 g/mol. The van der Waals surface area contributed by atoms with Crippen molar-refractivity contribution < 1.29 is 14.3 Å². The molecule has 2 rings (SSSR count). The van der Waals surface area contributed by atoms with Crippen LogP contribution in [-0.2, 0) is 9.53 Å². The molecule has 1 heterocycles. The molecule has 20 heavy (non-hydrogen) atoms. The Morgan fingerprint density at radius 1 is 1.50 bits per heavy atom. The van der Waals surface area contributed by atoms with E-state index in [0.29, 0.717) is 37.1 Å². The molecule has 0 aromatic heterocycles. The summed E-state index contributed by atoms with van der Waals surface area (Å²) >= 11 is 6.00. The van der Waals surface area contributed by atoms with E-state index in [1.165, 1.54) is 0 Å². The number of benzene rings is 1. The first kappa shape index (κ1) is 15.1. The average Bonchev–Trinajstić information content (AvgIpc) is 2.98. The van der Waals surface area contributed by atoms with E-state index in [4.69, 9.17) is 21.1 Å². The topological polar surface area (TPSA) is 38.8 Å². The van der Waals surface area contributed by atoms with E-state index in [9.17, 15) is 4.79 Å². The van der Waals surface area contributed by atoms with Crippen LogP contribution in [0.1, 0.15) is 12.8 Å². The summed E-state index contributed by atoms with van der Waals surface area (Å²) in [5, 5.41) is 0.611. The van der Waals surface area contributed by atoms with Crippen molar-refractivity contribution in [3.05, 3.63) is 29.3 Å². The first-order valence-electron chi connectivity index (χ1n) is 6.88. The lowest BCUT2D eigenvalue weighted by Crippen LogP contribution is -2.34. The number of para-hydroxylation sites is 1. The Bertz CT molecular complexity index is 446. The van der Waals surface area contributed by atoms with Crippen LogP contribution < -0.4 is 4.74 Å². The molecule has 5 heteroatoms. The van der Waals surface area contributed by atoms with Gasteiger partial charge in [0.15, 0.2) is 0 Å². The Hall–Kier alpha value is -1.26. The van der Waals surface area contributed by atoms with Crippen molar-refractivity contribution in [1.29, 1.82) is 0 Å². The van der Waals surface area contributed by atoms with Crippen molar-refractivity contribution >= 4 is 17.5 Å². The lowest BCUT2D eigenvalue weighted by Gasteiger charge is -2.20. The van der Waals surface area contributed by atoms with E-state index in [-0.39, 0.29) is 11.8 Å². The highest BCUT2D eigenvalue weighted by Gasteiger charge is 2.25. The number of amides is 1. The minimum Gasteiger partial charge on any atom is -0.492 e. The van der Waals surface area contributed by atoms with Crippen molar-refractivity contribution in [2.75, 3.05) is 33.4 Å². The van der Waals surface area contributed by atoms with Gasteiger partial charge in [0.1, 0.15) is 5.75 Å². The third-order valence-electron chi connectivity index (χ3n) is 3.39. The van der Waals surface area contributed by atoms with Crippen molar-refractivity contribution in [2.45, 2.75) is 12.8 Å². The highest BCUT2D eigenvalue weighted by Crippen LogP contribution is 2.23. The lowest BCUT2D eigenvalue weighted by molar-refractivity contribution is -0.134. The fourth-order valence-corrected chi connectivity index (χ4v) is 2.39. The summed E-state index contributed by atoms with van der Waals surface area (Å²) in [6.07, 6.45) is 1.61. The van der Waals surface area contributed by atoms with Gasteiger partial charge in [-0.25, -0.2) is 0 Å². The van der Waals surface area contributed by atoms with Crippen LogP contribution >= 0.6 is 11.6 Å². The summed E-state index contributed by atoms with van der Waals surface area (Å²) in [6, 6.07) is 7.39. The van der Waals surface area contributed by atoms with Crippen molar-refractivity contribution in [3.8, 4) is 5.75 Å². The van der Waals surface area contributed by atoms with Gasteiger partial charge < -0.3 is 14.4 Å². The minimum atomic E-state index is 0.0319. The SMILES string of the molecule is CN(CCCOc1ccccc1Cl)C(=O)[C@@H]1CCOC1. The number of hydrogen-bond acceptors (Lipinski definition) is 3. The number of nitrogens with zero attached hydrogens (tertiary/aromatic N) is 1. The molecule has 1 fully saturated rings. The third-order valence-corrected chi connectivity index (χ3v) is 3.70. The zero-order valence-corrected chi connectivity index (χ0v) is 12.4. The van der Waals surface area contributed by atoms with E-state index in [2.05, 4.69) is 0 Å². The standard InChI is InChI=1S/C15H20ClNO3/c1-17(15(18)12-7-10-19-11-12)8-4-9-20-14-6-3-2-5-13(14)16/h2-3,5-6,12H,4,7-11H2,1H3/t12-/m1/s1. The molecular formula is C15H20ClNO3. The van der Waals surface area contributed by atoms with E-state index < -0.39 is 0 Å². The molecule has 0 N–H and O–H groups in total. The molecule has 110 valence electrons. The van der Waals surface area contributed by atoms with E-state index in [0.717, 1.165) is 12.8 Å². The first-order valence-corrected chi connectivity index (χ1v) is 7.26. The fourth-order valence-electron chi connectivity index (χ4n) is 2.20. The zero-order valence-electron chi connectivity index (χ0n) is 11.7. The normalized spacial score (nSPS) is 18.0. The van der Waals surface area contributed by atoms with Crippen LogP contribution in [0.2, 0.25) is 5.02 Å². The van der Waals surface area contributed by atoms with Crippen molar-refractivity contribution in [1.82, 2.24) is 4.90 Å². The van der Waals surface area contributed by atoms with Crippen LogP contribution in [0.4, 0.5) is 0 Å². The molecule has 0 bridgehead atoms. The molecule has 1 amide bonds. The van der Waals surface area contributed by atoms with Gasteiger partial charge >= 0.3 is 0 Å². The zero-order chi connectivity index (χ0) is 14.4. The van der Waals surface area contributed by atoms with Gasteiger partial charge in [-0.3, -0.25) is 4.79 Å². The minimum absolute atomic E-state index is 0.0319. The summed E-state index contributed by atoms with van der Waals surface area (Å²) in [7, 11) is 1.83. The van der Waals surface area contributed by atoms with E-state index >= 15 is 0 Å². The van der Waals surface area contributed by atoms with Gasteiger partial charge in [0.25, 0.3) is 0 Å². The molecule has 1 aliphatic rings. The lowest BCUT2D eigenvalue weighted by atomic mass is 10.1. The second-order valence-corrected chi connectivity index (χ2v) is 5.36. The Morgan fingerprint density at radius 2 is 2.30 bits per heavy atom. The number of halogens is 1. The molecule has 0 aliphatic carbocycles. The largest absolute Gasteiger partial charge is 0.492 e. The number of hydrogen-bond donors (Lipinski definition) is 0. The Morgan fingerprint density at radius 3 is 3.00 bits per heavy atom. The smallest absolute Gasteiger partial charge is 0.227 e. The Kier molecular flexibility index (Phi) is 5.68. The first-order chi connectivity index (χ1) is 9.68. The van der Waals surface area contributed by atoms with Gasteiger partial charge in [0, 0.05) is 20.2 Å². The maximum Gasteiger partial charge on any atom is 0.227 e. The van der Waals surface area contributed by atoms with Gasteiger partial charge in [-0.15, -0.1) is 0 Å². The number of rotatable bonds is 6. The van der Waals surface area contributed by atoms with Gasteiger partial charge in [-0.1, -0.05) is 23.7 Å². The molecule has 1 aliphatic heterocycles. The summed E-state index contributed by atoms with van der Waals surface area (Å²) in [6.45, 7) is 2.47. The molecule has 1 atom stereocenters. The van der Waals surface area contributed by atoms with Gasteiger partial charge in [0.05, 0.1) is 24.2 Å². The predicted molar refractivity (Wildman–Crippen MR) is 78.1 cm³/mol.